The molecule has 2 nitrogen and oxygen atoms in total. The number of halogens is 1. The Labute approximate surface area is 63.2 Å². The molecule has 0 aliphatic carbocycles. The van der Waals surface area contributed by atoms with Crippen LogP contribution in [0.1, 0.15) is 6.92 Å². The molecule has 0 aliphatic heterocycles. The van der Waals surface area contributed by atoms with E-state index in [1.807, 2.05) is 11.0 Å². The van der Waals surface area contributed by atoms with Gasteiger partial charge >= 0.3 is 0 Å². The molecule has 0 aliphatic rings. The molecular formula is C5H10INO. The number of hydrogen-bond donors (Lipinski definition) is 1. The quantitative estimate of drug-likeness (QED) is 0.581. The highest BCUT2D eigenvalue weighted by Gasteiger charge is 1.82. The van der Waals surface area contributed by atoms with E-state index in [-0.39, 0.29) is 0 Å². The molecule has 0 aromatic heterocycles. The Bertz CT molecular complexity index is 82.5. The summed E-state index contributed by atoms with van der Waals surface area (Å²) in [5.41, 5.74) is 5.18. The van der Waals surface area contributed by atoms with Crippen LogP contribution in [0.4, 0.5) is 0 Å². The van der Waals surface area contributed by atoms with E-state index in [4.69, 9.17) is 10.5 Å². The molecule has 48 valence electrons. The standard InChI is InChI=1S/C5H10INO/c1-5(4-6)8-3-2-7/h4H,2-3,7H2,1H3. The fourth-order valence-corrected chi connectivity index (χ4v) is 0.431. The van der Waals surface area contributed by atoms with Gasteiger partial charge in [0, 0.05) is 10.6 Å². The average Bonchev–Trinajstić information content (AvgIpc) is 1.83. The number of nitrogens with two attached hydrogens (primary N) is 1. The molecule has 0 bridgehead atoms. The maximum Gasteiger partial charge on any atom is 0.0999 e. The summed E-state index contributed by atoms with van der Waals surface area (Å²) in [6.45, 7) is 3.11. The molecule has 0 aromatic rings. The zero-order valence-electron chi connectivity index (χ0n) is 4.86. The average molecular weight is 227 g/mol. The van der Waals surface area contributed by atoms with Crippen LogP contribution in [0, 0.1) is 0 Å². The van der Waals surface area contributed by atoms with Crippen molar-refractivity contribution < 1.29 is 4.74 Å². The molecule has 0 amide bonds. The van der Waals surface area contributed by atoms with E-state index in [2.05, 4.69) is 22.6 Å². The second-order valence-electron chi connectivity index (χ2n) is 1.36. The highest BCUT2D eigenvalue weighted by molar-refractivity contribution is 14.1. The van der Waals surface area contributed by atoms with Crippen molar-refractivity contribution in [2.24, 2.45) is 5.73 Å². The maximum absolute atomic E-state index is 5.18. The first-order valence-electron chi connectivity index (χ1n) is 2.41. The van der Waals surface area contributed by atoms with Gasteiger partial charge in [-0.1, -0.05) is 0 Å². The van der Waals surface area contributed by atoms with E-state index in [1.54, 1.807) is 0 Å². The summed E-state index contributed by atoms with van der Waals surface area (Å²) in [5.74, 6) is 0.927. The minimum atomic E-state index is 0.585. The molecule has 0 fully saturated rings. The zero-order valence-corrected chi connectivity index (χ0v) is 7.01. The maximum atomic E-state index is 5.18. The Morgan fingerprint density at radius 3 is 2.88 bits per heavy atom. The van der Waals surface area contributed by atoms with Crippen LogP contribution in [0.15, 0.2) is 9.84 Å². The number of allylic oxidation sites excluding steroid dienone is 1. The van der Waals surface area contributed by atoms with E-state index >= 15 is 0 Å². The second kappa shape index (κ2) is 5.37. The third-order valence-electron chi connectivity index (χ3n) is 0.601. The highest BCUT2D eigenvalue weighted by Crippen LogP contribution is 1.97. The van der Waals surface area contributed by atoms with Crippen LogP contribution in [-0.2, 0) is 4.74 Å². The van der Waals surface area contributed by atoms with Crippen molar-refractivity contribution in [1.82, 2.24) is 0 Å². The van der Waals surface area contributed by atoms with Crippen LogP contribution < -0.4 is 5.73 Å². The molecule has 0 saturated heterocycles. The number of hydrogen-bond acceptors (Lipinski definition) is 2. The minimum absolute atomic E-state index is 0.585. The lowest BCUT2D eigenvalue weighted by atomic mass is 10.6. The van der Waals surface area contributed by atoms with Crippen molar-refractivity contribution in [1.29, 1.82) is 0 Å². The summed E-state index contributed by atoms with van der Waals surface area (Å²) in [5, 5.41) is 0. The summed E-state index contributed by atoms with van der Waals surface area (Å²) in [4.78, 5) is 0. The van der Waals surface area contributed by atoms with Gasteiger partial charge in [0.1, 0.15) is 0 Å². The van der Waals surface area contributed by atoms with Gasteiger partial charge in [-0.15, -0.1) is 0 Å². The fourth-order valence-electron chi connectivity index (χ4n) is 0.251. The molecular weight excluding hydrogens is 217 g/mol. The molecule has 0 atom stereocenters. The van der Waals surface area contributed by atoms with Crippen LogP contribution in [-0.4, -0.2) is 13.2 Å². The fraction of sp³-hybridized carbons (Fsp3) is 0.600. The van der Waals surface area contributed by atoms with Crippen molar-refractivity contribution in [3.05, 3.63) is 9.84 Å². The molecule has 8 heavy (non-hydrogen) atoms. The van der Waals surface area contributed by atoms with Gasteiger partial charge in [0.05, 0.1) is 12.4 Å². The molecule has 2 N–H and O–H groups in total. The lowest BCUT2D eigenvalue weighted by Gasteiger charge is -2.00. The van der Waals surface area contributed by atoms with Crippen molar-refractivity contribution in [2.75, 3.05) is 13.2 Å². The zero-order chi connectivity index (χ0) is 6.41. The summed E-state index contributed by atoms with van der Waals surface area (Å²) < 4.78 is 6.95. The minimum Gasteiger partial charge on any atom is -0.496 e. The summed E-state index contributed by atoms with van der Waals surface area (Å²) in [6.07, 6.45) is 0. The molecule has 0 rings (SSSR count). The monoisotopic (exact) mass is 227 g/mol. The molecule has 0 unspecified atom stereocenters. The van der Waals surface area contributed by atoms with E-state index in [9.17, 15) is 0 Å². The topological polar surface area (TPSA) is 35.2 Å². The third kappa shape index (κ3) is 4.39. The van der Waals surface area contributed by atoms with E-state index < -0.39 is 0 Å². The van der Waals surface area contributed by atoms with Crippen LogP contribution in [0.3, 0.4) is 0 Å². The first kappa shape index (κ1) is 8.23. The molecule has 0 heterocycles. The van der Waals surface area contributed by atoms with Crippen LogP contribution in [0.25, 0.3) is 0 Å². The Hall–Kier alpha value is 0.230. The van der Waals surface area contributed by atoms with Crippen molar-refractivity contribution in [3.63, 3.8) is 0 Å². The Balaban J connectivity index is 3.12. The van der Waals surface area contributed by atoms with Crippen LogP contribution >= 0.6 is 22.6 Å². The highest BCUT2D eigenvalue weighted by atomic mass is 127. The Morgan fingerprint density at radius 2 is 2.50 bits per heavy atom. The Kier molecular flexibility index (Phi) is 5.52. The molecule has 0 saturated carbocycles. The third-order valence-corrected chi connectivity index (χ3v) is 1.48. The number of rotatable bonds is 3. The number of ether oxygens (including phenoxy) is 1. The predicted molar refractivity (Wildman–Crippen MR) is 42.8 cm³/mol. The van der Waals surface area contributed by atoms with Crippen molar-refractivity contribution >= 4 is 22.6 Å². The van der Waals surface area contributed by atoms with Crippen LogP contribution in [0.2, 0.25) is 0 Å². The molecule has 3 heteroatoms. The van der Waals surface area contributed by atoms with Gasteiger partial charge in [-0.3, -0.25) is 0 Å². The van der Waals surface area contributed by atoms with Gasteiger partial charge in [-0.05, 0) is 29.5 Å². The van der Waals surface area contributed by atoms with Gasteiger partial charge in [-0.2, -0.15) is 0 Å². The Morgan fingerprint density at radius 1 is 1.88 bits per heavy atom. The predicted octanol–water partition coefficient (Wildman–Crippen LogP) is 1.26. The lowest BCUT2D eigenvalue weighted by molar-refractivity contribution is 0.224. The van der Waals surface area contributed by atoms with Crippen molar-refractivity contribution in [2.45, 2.75) is 6.92 Å². The normalized spacial score (nSPS) is 11.6. The van der Waals surface area contributed by atoms with Crippen LogP contribution in [0.5, 0.6) is 0 Å². The van der Waals surface area contributed by atoms with Gasteiger partial charge in [-0.25, -0.2) is 0 Å². The van der Waals surface area contributed by atoms with E-state index in [1.165, 1.54) is 0 Å². The first-order valence-corrected chi connectivity index (χ1v) is 3.65. The van der Waals surface area contributed by atoms with Crippen molar-refractivity contribution in [3.8, 4) is 0 Å². The summed E-state index contributed by atoms with van der Waals surface area (Å²) in [6, 6.07) is 0. The van der Waals surface area contributed by atoms with Gasteiger partial charge < -0.3 is 10.5 Å². The first-order chi connectivity index (χ1) is 3.81. The largest absolute Gasteiger partial charge is 0.496 e. The smallest absolute Gasteiger partial charge is 0.0999 e. The molecule has 0 spiro atoms. The molecule has 0 radical (unpaired) electrons. The van der Waals surface area contributed by atoms with Gasteiger partial charge in [0.25, 0.3) is 0 Å². The summed E-state index contributed by atoms with van der Waals surface area (Å²) in [7, 11) is 0. The van der Waals surface area contributed by atoms with Gasteiger partial charge in [0.15, 0.2) is 0 Å². The lowest BCUT2D eigenvalue weighted by Crippen LogP contribution is -2.06. The SMILES string of the molecule is CC(=CI)OCCN. The summed E-state index contributed by atoms with van der Waals surface area (Å²) >= 11 is 2.13. The van der Waals surface area contributed by atoms with E-state index in [0.717, 1.165) is 5.76 Å². The molecule has 0 aromatic carbocycles. The second-order valence-corrected chi connectivity index (χ2v) is 1.98. The van der Waals surface area contributed by atoms with Gasteiger partial charge in [0.2, 0.25) is 0 Å². The van der Waals surface area contributed by atoms with E-state index in [0.29, 0.717) is 13.2 Å².